The summed E-state index contributed by atoms with van der Waals surface area (Å²) in [5.41, 5.74) is 5.85. The number of hydrogen-bond donors (Lipinski definition) is 2. The van der Waals surface area contributed by atoms with Crippen LogP contribution in [0, 0.1) is 0 Å². The number of pyridine rings is 1. The number of benzene rings is 2. The van der Waals surface area contributed by atoms with Gasteiger partial charge in [-0.05, 0) is 33.9 Å². The maximum atomic E-state index is 12.2. The molecule has 0 unspecified atom stereocenters. The van der Waals surface area contributed by atoms with Crippen molar-refractivity contribution in [2.24, 2.45) is 0 Å². The molecule has 130 valence electrons. The highest BCUT2D eigenvalue weighted by atomic mass is 16.5. The molecule has 1 heterocycles. The van der Waals surface area contributed by atoms with Gasteiger partial charge in [0, 0.05) is 12.1 Å². The van der Waals surface area contributed by atoms with E-state index in [-0.39, 0.29) is 19.1 Å². The van der Waals surface area contributed by atoms with Gasteiger partial charge in [-0.2, -0.15) is 0 Å². The molecule has 5 heteroatoms. The van der Waals surface area contributed by atoms with Crippen molar-refractivity contribution < 1.29 is 14.6 Å². The van der Waals surface area contributed by atoms with Crippen LogP contribution in [0.15, 0.2) is 67.0 Å². The van der Waals surface area contributed by atoms with Gasteiger partial charge in [-0.3, -0.25) is 10.3 Å². The van der Waals surface area contributed by atoms with Gasteiger partial charge in [-0.25, -0.2) is 4.79 Å². The van der Waals surface area contributed by atoms with Crippen molar-refractivity contribution in [2.75, 3.05) is 11.9 Å². The predicted octanol–water partition coefficient (Wildman–Crippen LogP) is 3.93. The third-order valence-electron chi connectivity index (χ3n) is 4.57. The van der Waals surface area contributed by atoms with Crippen LogP contribution in [0.3, 0.4) is 0 Å². The number of hydrogen-bond acceptors (Lipinski definition) is 4. The Kier molecular flexibility index (Phi) is 4.37. The second-order valence-electron chi connectivity index (χ2n) is 6.19. The number of rotatable bonds is 4. The third kappa shape index (κ3) is 3.05. The normalized spacial score (nSPS) is 12.3. The number of fused-ring (bicyclic) bond motifs is 3. The Bertz CT molecular complexity index is 910. The standard InChI is InChI=1S/C21H18N2O3/c24-12-14-9-15(11-22-10-14)23-21(25)26-13-20-18-7-3-1-5-16(18)17-6-2-4-8-19(17)20/h1-11,20,24H,12-13H2,(H,23,25). The van der Waals surface area contributed by atoms with Crippen molar-refractivity contribution in [3.8, 4) is 11.1 Å². The van der Waals surface area contributed by atoms with Crippen LogP contribution in [0.1, 0.15) is 22.6 Å². The molecule has 0 spiro atoms. The Hall–Kier alpha value is -3.18. The monoisotopic (exact) mass is 346 g/mol. The number of ether oxygens (including phenoxy) is 1. The van der Waals surface area contributed by atoms with Gasteiger partial charge in [0.25, 0.3) is 0 Å². The number of amides is 1. The number of nitrogens with one attached hydrogen (secondary N) is 1. The Morgan fingerprint density at radius 1 is 1.04 bits per heavy atom. The van der Waals surface area contributed by atoms with Crippen molar-refractivity contribution >= 4 is 11.8 Å². The molecule has 1 aliphatic rings. The molecule has 5 nitrogen and oxygen atoms in total. The average molecular weight is 346 g/mol. The van der Waals surface area contributed by atoms with Gasteiger partial charge < -0.3 is 9.84 Å². The lowest BCUT2D eigenvalue weighted by Crippen LogP contribution is -2.18. The molecule has 26 heavy (non-hydrogen) atoms. The van der Waals surface area contributed by atoms with Crippen LogP contribution in [-0.2, 0) is 11.3 Å². The van der Waals surface area contributed by atoms with Crippen LogP contribution in [-0.4, -0.2) is 22.8 Å². The van der Waals surface area contributed by atoms with Crippen molar-refractivity contribution in [1.29, 1.82) is 0 Å². The van der Waals surface area contributed by atoms with Gasteiger partial charge in [0.2, 0.25) is 0 Å². The summed E-state index contributed by atoms with van der Waals surface area (Å²) in [4.78, 5) is 16.1. The minimum Gasteiger partial charge on any atom is -0.448 e. The van der Waals surface area contributed by atoms with E-state index in [0.29, 0.717) is 11.3 Å². The van der Waals surface area contributed by atoms with Gasteiger partial charge in [0.15, 0.2) is 0 Å². The highest BCUT2D eigenvalue weighted by molar-refractivity contribution is 5.85. The fourth-order valence-corrected chi connectivity index (χ4v) is 3.39. The van der Waals surface area contributed by atoms with Crippen LogP contribution in [0.2, 0.25) is 0 Å². The van der Waals surface area contributed by atoms with E-state index < -0.39 is 6.09 Å². The molecule has 2 aromatic carbocycles. The van der Waals surface area contributed by atoms with Crippen molar-refractivity contribution in [2.45, 2.75) is 12.5 Å². The lowest BCUT2D eigenvalue weighted by molar-refractivity contribution is 0.158. The van der Waals surface area contributed by atoms with Crippen LogP contribution in [0.4, 0.5) is 10.5 Å². The van der Waals surface area contributed by atoms with Crippen molar-refractivity contribution in [3.63, 3.8) is 0 Å². The Morgan fingerprint density at radius 2 is 1.69 bits per heavy atom. The topological polar surface area (TPSA) is 71.5 Å². The first-order chi connectivity index (χ1) is 12.8. The fourth-order valence-electron chi connectivity index (χ4n) is 3.39. The molecule has 1 aliphatic carbocycles. The summed E-state index contributed by atoms with van der Waals surface area (Å²) in [6.07, 6.45) is 2.52. The Labute approximate surface area is 151 Å². The van der Waals surface area contributed by atoms with E-state index in [4.69, 9.17) is 9.84 Å². The van der Waals surface area contributed by atoms with Gasteiger partial charge >= 0.3 is 6.09 Å². The maximum Gasteiger partial charge on any atom is 0.411 e. The highest BCUT2D eigenvalue weighted by Crippen LogP contribution is 2.44. The number of anilines is 1. The van der Waals surface area contributed by atoms with Gasteiger partial charge in [0.1, 0.15) is 6.61 Å². The zero-order chi connectivity index (χ0) is 17.9. The van der Waals surface area contributed by atoms with E-state index in [2.05, 4.69) is 34.6 Å². The molecule has 0 saturated heterocycles. The number of aliphatic hydroxyl groups is 1. The molecular formula is C21H18N2O3. The van der Waals surface area contributed by atoms with E-state index in [9.17, 15) is 4.79 Å². The number of carbonyl (C=O) groups is 1. The summed E-state index contributed by atoms with van der Waals surface area (Å²) >= 11 is 0. The van der Waals surface area contributed by atoms with Crippen molar-refractivity contribution in [1.82, 2.24) is 4.98 Å². The zero-order valence-corrected chi connectivity index (χ0v) is 14.1. The summed E-state index contributed by atoms with van der Waals surface area (Å²) < 4.78 is 5.48. The molecule has 2 N–H and O–H groups in total. The molecule has 0 saturated carbocycles. The summed E-state index contributed by atoms with van der Waals surface area (Å²) in [5.74, 6) is 0.0232. The predicted molar refractivity (Wildman–Crippen MR) is 98.9 cm³/mol. The molecule has 0 fully saturated rings. The van der Waals surface area contributed by atoms with Crippen LogP contribution in [0.25, 0.3) is 11.1 Å². The summed E-state index contributed by atoms with van der Waals surface area (Å²) in [6, 6.07) is 18.1. The molecule has 4 rings (SSSR count). The van der Waals surface area contributed by atoms with E-state index in [1.165, 1.54) is 28.5 Å². The third-order valence-corrected chi connectivity index (χ3v) is 4.57. The second kappa shape index (κ2) is 6.98. The number of carbonyl (C=O) groups excluding carboxylic acids is 1. The number of nitrogens with zero attached hydrogens (tertiary/aromatic N) is 1. The number of aliphatic hydroxyl groups excluding tert-OH is 1. The zero-order valence-electron chi connectivity index (χ0n) is 14.1. The lowest BCUT2D eigenvalue weighted by atomic mass is 9.98. The first kappa shape index (κ1) is 16.3. The molecule has 0 atom stereocenters. The number of aromatic nitrogens is 1. The molecular weight excluding hydrogens is 328 g/mol. The Morgan fingerprint density at radius 3 is 2.35 bits per heavy atom. The van der Waals surface area contributed by atoms with E-state index in [1.54, 1.807) is 12.3 Å². The van der Waals surface area contributed by atoms with Crippen LogP contribution >= 0.6 is 0 Å². The van der Waals surface area contributed by atoms with E-state index in [0.717, 1.165) is 0 Å². The van der Waals surface area contributed by atoms with Gasteiger partial charge in [-0.15, -0.1) is 0 Å². The Balaban J connectivity index is 1.48. The SMILES string of the molecule is O=C(Nc1cncc(CO)c1)OCC1c2ccccc2-c2ccccc21. The van der Waals surface area contributed by atoms with Crippen LogP contribution in [0.5, 0.6) is 0 Å². The quantitative estimate of drug-likeness (QED) is 0.751. The van der Waals surface area contributed by atoms with Crippen LogP contribution < -0.4 is 5.32 Å². The first-order valence-corrected chi connectivity index (χ1v) is 8.43. The smallest absolute Gasteiger partial charge is 0.411 e. The van der Waals surface area contributed by atoms with Gasteiger partial charge in [-0.1, -0.05) is 48.5 Å². The maximum absolute atomic E-state index is 12.2. The fraction of sp³-hybridized carbons (Fsp3) is 0.143. The second-order valence-corrected chi connectivity index (χ2v) is 6.19. The molecule has 1 amide bonds. The largest absolute Gasteiger partial charge is 0.448 e. The highest BCUT2D eigenvalue weighted by Gasteiger charge is 2.28. The first-order valence-electron chi connectivity index (χ1n) is 8.43. The van der Waals surface area contributed by atoms with Gasteiger partial charge in [0.05, 0.1) is 18.5 Å². The van der Waals surface area contributed by atoms with E-state index >= 15 is 0 Å². The minimum absolute atomic E-state index is 0.0232. The lowest BCUT2D eigenvalue weighted by Gasteiger charge is -2.14. The average Bonchev–Trinajstić information content (AvgIpc) is 3.00. The van der Waals surface area contributed by atoms with Crippen molar-refractivity contribution in [3.05, 3.63) is 83.7 Å². The van der Waals surface area contributed by atoms with E-state index in [1.807, 2.05) is 24.3 Å². The summed E-state index contributed by atoms with van der Waals surface area (Å²) in [7, 11) is 0. The molecule has 0 aliphatic heterocycles. The minimum atomic E-state index is -0.538. The molecule has 1 aromatic heterocycles. The molecule has 3 aromatic rings. The summed E-state index contributed by atoms with van der Waals surface area (Å²) in [5, 5.41) is 11.8. The molecule has 0 bridgehead atoms. The molecule has 0 radical (unpaired) electrons. The summed E-state index contributed by atoms with van der Waals surface area (Å²) in [6.45, 7) is 0.125.